The number of sulfonamides is 1. The molecule has 4 rings (SSSR count). The number of benzene rings is 2. The number of nitrogens with two attached hydrogens (primary N) is 1. The molecule has 14 heteroatoms. The van der Waals surface area contributed by atoms with Gasteiger partial charge in [-0.3, -0.25) is 0 Å². The number of aromatic nitrogens is 2. The van der Waals surface area contributed by atoms with Crippen LogP contribution in [0.15, 0.2) is 41.4 Å². The van der Waals surface area contributed by atoms with Crippen LogP contribution in [0, 0.1) is 20.8 Å². The van der Waals surface area contributed by atoms with Crippen LogP contribution in [0.25, 0.3) is 0 Å². The van der Waals surface area contributed by atoms with Crippen LogP contribution in [0.1, 0.15) is 35.1 Å². The van der Waals surface area contributed by atoms with E-state index in [0.29, 0.717) is 27.7 Å². The molecule has 0 unspecified atom stereocenters. The minimum absolute atomic E-state index is 0.0392. The molecule has 6 N–H and O–H groups in total. The lowest BCUT2D eigenvalue weighted by Crippen LogP contribution is -2.37. The van der Waals surface area contributed by atoms with Crippen molar-refractivity contribution in [2.24, 2.45) is 5.14 Å². The summed E-state index contributed by atoms with van der Waals surface area (Å²) in [7, 11) is -7.38. The SMILES string of the molecule is Cc1cc(CNS(=O)(=O)NC2CC2)ccc1Nc1nc(Nc2cc(C)c(S(N)(=O)=O)c(C)c2)ncc1Cl. The second-order valence-corrected chi connectivity index (χ2v) is 12.4. The van der Waals surface area contributed by atoms with E-state index in [1.807, 2.05) is 25.1 Å². The van der Waals surface area contributed by atoms with Crippen LogP contribution in [0.5, 0.6) is 0 Å². The van der Waals surface area contributed by atoms with E-state index < -0.39 is 20.2 Å². The van der Waals surface area contributed by atoms with Crippen molar-refractivity contribution in [1.82, 2.24) is 19.4 Å². The number of hydrogen-bond acceptors (Lipinski definition) is 8. The third kappa shape index (κ3) is 7.15. The van der Waals surface area contributed by atoms with E-state index in [1.54, 1.807) is 26.0 Å². The summed E-state index contributed by atoms with van der Waals surface area (Å²) in [5.41, 5.74) is 3.99. The number of aryl methyl sites for hydroxylation is 3. The first kappa shape index (κ1) is 27.2. The molecular weight excluding hydrogens is 538 g/mol. The number of rotatable bonds is 10. The fraction of sp³-hybridized carbons (Fsp3) is 0.304. The van der Waals surface area contributed by atoms with Gasteiger partial charge >= 0.3 is 0 Å². The van der Waals surface area contributed by atoms with E-state index in [2.05, 4.69) is 30.0 Å². The molecule has 11 nitrogen and oxygen atoms in total. The van der Waals surface area contributed by atoms with Gasteiger partial charge in [0.15, 0.2) is 5.82 Å². The Morgan fingerprint density at radius 1 is 1.00 bits per heavy atom. The quantitative estimate of drug-likeness (QED) is 0.249. The highest BCUT2D eigenvalue weighted by molar-refractivity contribution is 7.89. The molecule has 0 radical (unpaired) electrons. The van der Waals surface area contributed by atoms with Gasteiger partial charge in [-0.2, -0.15) is 22.8 Å². The van der Waals surface area contributed by atoms with Crippen LogP contribution >= 0.6 is 11.6 Å². The molecule has 37 heavy (non-hydrogen) atoms. The molecule has 0 saturated heterocycles. The Kier molecular flexibility index (Phi) is 7.74. The van der Waals surface area contributed by atoms with E-state index >= 15 is 0 Å². The second-order valence-electron chi connectivity index (χ2n) is 8.99. The van der Waals surface area contributed by atoms with Crippen molar-refractivity contribution in [2.75, 3.05) is 10.6 Å². The van der Waals surface area contributed by atoms with Gasteiger partial charge in [-0.25, -0.2) is 18.5 Å². The van der Waals surface area contributed by atoms with Crippen molar-refractivity contribution in [2.45, 2.75) is 51.1 Å². The maximum Gasteiger partial charge on any atom is 0.277 e. The third-order valence-electron chi connectivity index (χ3n) is 5.65. The van der Waals surface area contributed by atoms with Crippen molar-refractivity contribution in [1.29, 1.82) is 0 Å². The average molecular weight is 566 g/mol. The molecule has 1 saturated carbocycles. The lowest BCUT2D eigenvalue weighted by Gasteiger charge is -2.14. The van der Waals surface area contributed by atoms with Gasteiger partial charge in [0, 0.05) is 24.0 Å². The normalized spacial score (nSPS) is 14.0. The van der Waals surface area contributed by atoms with Crippen molar-refractivity contribution in [3.8, 4) is 0 Å². The molecule has 1 aromatic heterocycles. The van der Waals surface area contributed by atoms with Crippen molar-refractivity contribution >= 4 is 55.0 Å². The summed E-state index contributed by atoms with van der Waals surface area (Å²) in [5, 5.41) is 11.9. The van der Waals surface area contributed by atoms with Crippen LogP contribution in [-0.2, 0) is 26.8 Å². The molecule has 1 heterocycles. The van der Waals surface area contributed by atoms with E-state index in [0.717, 1.165) is 29.7 Å². The van der Waals surface area contributed by atoms with Crippen LogP contribution in [-0.4, -0.2) is 32.8 Å². The Balaban J connectivity index is 1.48. The van der Waals surface area contributed by atoms with E-state index in [-0.39, 0.29) is 23.4 Å². The summed E-state index contributed by atoms with van der Waals surface area (Å²) in [6.07, 6.45) is 3.18. The highest BCUT2D eigenvalue weighted by Crippen LogP contribution is 2.29. The van der Waals surface area contributed by atoms with Gasteiger partial charge in [0.05, 0.1) is 11.1 Å². The number of primary sulfonamides is 1. The van der Waals surface area contributed by atoms with Gasteiger partial charge in [-0.05, 0) is 74.1 Å². The molecule has 0 aliphatic heterocycles. The van der Waals surface area contributed by atoms with Crippen molar-refractivity contribution in [3.05, 3.63) is 63.8 Å². The smallest absolute Gasteiger partial charge is 0.277 e. The first-order valence-corrected chi connectivity index (χ1v) is 14.8. The van der Waals surface area contributed by atoms with Gasteiger partial charge in [-0.15, -0.1) is 0 Å². The number of nitrogens with zero attached hydrogens (tertiary/aromatic N) is 2. The zero-order valence-corrected chi connectivity index (χ0v) is 22.9. The Morgan fingerprint density at radius 3 is 2.27 bits per heavy atom. The zero-order chi connectivity index (χ0) is 27.0. The third-order valence-corrected chi connectivity index (χ3v) is 8.31. The molecule has 0 spiro atoms. The Morgan fingerprint density at radius 2 is 1.68 bits per heavy atom. The minimum Gasteiger partial charge on any atom is -0.339 e. The molecular formula is C23H28ClN7O4S2. The Labute approximate surface area is 221 Å². The van der Waals surface area contributed by atoms with Gasteiger partial charge in [0.2, 0.25) is 16.0 Å². The highest BCUT2D eigenvalue weighted by atomic mass is 35.5. The topological polar surface area (TPSA) is 168 Å². The van der Waals surface area contributed by atoms with E-state index in [4.69, 9.17) is 16.7 Å². The molecule has 0 bridgehead atoms. The molecule has 0 atom stereocenters. The first-order valence-electron chi connectivity index (χ1n) is 11.4. The molecule has 1 aliphatic carbocycles. The number of hydrogen-bond donors (Lipinski definition) is 5. The Hall–Kier alpha value is -2.81. The standard InChI is InChI=1S/C23H28ClN7O4S2/c1-13-8-16(11-27-37(34,35)31-17-5-6-17)4-7-20(13)29-22-19(24)12-26-23(30-22)28-18-9-14(2)21(15(3)10-18)36(25,32)33/h4,7-10,12,17,27,31H,5-6,11H2,1-3H3,(H2,25,32,33)(H2,26,28,29,30). The van der Waals surface area contributed by atoms with Gasteiger partial charge in [-0.1, -0.05) is 23.7 Å². The molecule has 1 fully saturated rings. The number of halogens is 1. The Bertz CT molecular complexity index is 1540. The fourth-order valence-electron chi connectivity index (χ4n) is 3.86. The number of anilines is 4. The van der Waals surface area contributed by atoms with Gasteiger partial charge in [0.1, 0.15) is 5.02 Å². The zero-order valence-electron chi connectivity index (χ0n) is 20.5. The molecule has 0 amide bonds. The van der Waals surface area contributed by atoms with Crippen LogP contribution < -0.4 is 25.2 Å². The summed E-state index contributed by atoms with van der Waals surface area (Å²) in [6.45, 7) is 5.37. The van der Waals surface area contributed by atoms with Crippen LogP contribution in [0.2, 0.25) is 5.02 Å². The summed E-state index contributed by atoms with van der Waals surface area (Å²) in [6, 6.07) is 8.83. The molecule has 2 aromatic carbocycles. The van der Waals surface area contributed by atoms with E-state index in [1.165, 1.54) is 6.20 Å². The first-order chi connectivity index (χ1) is 17.3. The predicted octanol–water partition coefficient (Wildman–Crippen LogP) is 3.28. The highest BCUT2D eigenvalue weighted by Gasteiger charge is 2.26. The lowest BCUT2D eigenvalue weighted by atomic mass is 10.1. The van der Waals surface area contributed by atoms with E-state index in [9.17, 15) is 16.8 Å². The summed E-state index contributed by atoms with van der Waals surface area (Å²) < 4.78 is 52.9. The van der Waals surface area contributed by atoms with Gasteiger partial charge < -0.3 is 10.6 Å². The molecule has 3 aromatic rings. The maximum atomic E-state index is 12.0. The lowest BCUT2D eigenvalue weighted by molar-refractivity contribution is 0.565. The van der Waals surface area contributed by atoms with Gasteiger partial charge in [0.25, 0.3) is 10.2 Å². The second kappa shape index (κ2) is 10.5. The average Bonchev–Trinajstić information content (AvgIpc) is 3.58. The van der Waals surface area contributed by atoms with Crippen molar-refractivity contribution in [3.63, 3.8) is 0 Å². The molecule has 198 valence electrons. The fourth-order valence-corrected chi connectivity index (χ4v) is 6.13. The van der Waals surface area contributed by atoms with Crippen LogP contribution in [0.3, 0.4) is 0 Å². The van der Waals surface area contributed by atoms with Crippen molar-refractivity contribution < 1.29 is 16.8 Å². The predicted molar refractivity (Wildman–Crippen MR) is 144 cm³/mol. The number of nitrogens with one attached hydrogen (secondary N) is 4. The maximum absolute atomic E-state index is 12.0. The monoisotopic (exact) mass is 565 g/mol. The summed E-state index contributed by atoms with van der Waals surface area (Å²) in [5.74, 6) is 0.611. The summed E-state index contributed by atoms with van der Waals surface area (Å²) in [4.78, 5) is 8.74. The van der Waals surface area contributed by atoms with Crippen LogP contribution in [0.4, 0.5) is 23.1 Å². The minimum atomic E-state index is -3.84. The molecule has 1 aliphatic rings. The largest absolute Gasteiger partial charge is 0.339 e. The summed E-state index contributed by atoms with van der Waals surface area (Å²) >= 11 is 6.32.